The molecule has 0 saturated carbocycles. The van der Waals surface area contributed by atoms with Crippen LogP contribution >= 0.6 is 11.6 Å². The lowest BCUT2D eigenvalue weighted by Crippen LogP contribution is -2.06. The number of nitriles is 1. The molecule has 0 aliphatic heterocycles. The van der Waals surface area contributed by atoms with Crippen LogP contribution in [0.4, 0.5) is 5.82 Å². The van der Waals surface area contributed by atoms with Crippen LogP contribution in [0.2, 0.25) is 5.02 Å². The first-order chi connectivity index (χ1) is 11.7. The first-order valence-corrected chi connectivity index (χ1v) is 7.72. The highest BCUT2D eigenvalue weighted by Gasteiger charge is 2.17. The van der Waals surface area contributed by atoms with Gasteiger partial charge >= 0.3 is 0 Å². The monoisotopic (exact) mass is 338 g/mol. The molecule has 24 heavy (non-hydrogen) atoms. The van der Waals surface area contributed by atoms with E-state index in [0.717, 1.165) is 11.1 Å². The first kappa shape index (κ1) is 15.9. The number of ether oxygens (including phenoxy) is 1. The van der Waals surface area contributed by atoms with Gasteiger partial charge in [-0.25, -0.2) is 4.68 Å². The van der Waals surface area contributed by atoms with E-state index in [1.165, 1.54) is 0 Å². The van der Waals surface area contributed by atoms with Gasteiger partial charge < -0.3 is 10.5 Å². The number of anilines is 1. The molecule has 3 aromatic rings. The summed E-state index contributed by atoms with van der Waals surface area (Å²) in [5, 5.41) is 14.3. The van der Waals surface area contributed by atoms with Crippen molar-refractivity contribution in [2.24, 2.45) is 0 Å². The quantitative estimate of drug-likeness (QED) is 0.770. The predicted octanol–water partition coefficient (Wildman–Crippen LogP) is 3.62. The normalized spacial score (nSPS) is 10.3. The number of aromatic nitrogens is 2. The molecule has 2 aromatic carbocycles. The van der Waals surface area contributed by atoms with Crippen molar-refractivity contribution in [2.45, 2.75) is 13.2 Å². The number of hydrogen-bond acceptors (Lipinski definition) is 4. The summed E-state index contributed by atoms with van der Waals surface area (Å²) in [6, 6.07) is 19.2. The second-order valence-electron chi connectivity index (χ2n) is 5.24. The summed E-state index contributed by atoms with van der Waals surface area (Å²) in [4.78, 5) is 0. The lowest BCUT2D eigenvalue weighted by Gasteiger charge is -2.04. The third-order valence-electron chi connectivity index (χ3n) is 3.51. The topological polar surface area (TPSA) is 76.9 Å². The van der Waals surface area contributed by atoms with Crippen molar-refractivity contribution >= 4 is 17.4 Å². The van der Waals surface area contributed by atoms with E-state index < -0.39 is 0 Å². The van der Waals surface area contributed by atoms with Gasteiger partial charge in [0.25, 0.3) is 5.88 Å². The Morgan fingerprint density at radius 3 is 2.58 bits per heavy atom. The van der Waals surface area contributed by atoms with E-state index in [4.69, 9.17) is 22.1 Å². The number of nitrogens with two attached hydrogens (primary N) is 1. The smallest absolute Gasteiger partial charge is 0.253 e. The maximum atomic E-state index is 9.34. The van der Waals surface area contributed by atoms with Crippen molar-refractivity contribution in [3.8, 4) is 11.9 Å². The Balaban J connectivity index is 1.80. The third kappa shape index (κ3) is 3.50. The zero-order valence-electron chi connectivity index (χ0n) is 12.8. The van der Waals surface area contributed by atoms with Crippen molar-refractivity contribution in [3.63, 3.8) is 0 Å². The fourth-order valence-corrected chi connectivity index (χ4v) is 2.53. The Morgan fingerprint density at radius 1 is 1.12 bits per heavy atom. The Bertz CT molecular complexity index is 884. The van der Waals surface area contributed by atoms with Gasteiger partial charge in [0.05, 0.1) is 6.54 Å². The fraction of sp³-hybridized carbons (Fsp3) is 0.111. The highest BCUT2D eigenvalue weighted by molar-refractivity contribution is 6.30. The van der Waals surface area contributed by atoms with E-state index in [9.17, 15) is 5.26 Å². The number of nitrogen functional groups attached to an aromatic ring is 1. The van der Waals surface area contributed by atoms with Gasteiger partial charge in [0.1, 0.15) is 18.5 Å². The van der Waals surface area contributed by atoms with E-state index in [1.54, 1.807) is 16.8 Å². The molecule has 5 nitrogen and oxygen atoms in total. The molecule has 0 saturated heterocycles. The number of benzene rings is 2. The van der Waals surface area contributed by atoms with E-state index in [1.807, 2.05) is 42.5 Å². The van der Waals surface area contributed by atoms with Crippen molar-refractivity contribution in [1.29, 1.82) is 5.26 Å². The van der Waals surface area contributed by atoms with E-state index in [2.05, 4.69) is 11.2 Å². The summed E-state index contributed by atoms with van der Waals surface area (Å²) < 4.78 is 7.25. The molecule has 0 fully saturated rings. The van der Waals surface area contributed by atoms with Crippen molar-refractivity contribution in [2.75, 3.05) is 5.73 Å². The highest BCUT2D eigenvalue weighted by Crippen LogP contribution is 2.24. The molecule has 0 aliphatic carbocycles. The zero-order chi connectivity index (χ0) is 16.9. The largest absolute Gasteiger partial charge is 0.471 e. The summed E-state index contributed by atoms with van der Waals surface area (Å²) in [6.45, 7) is 0.735. The summed E-state index contributed by atoms with van der Waals surface area (Å²) >= 11 is 5.96. The minimum atomic E-state index is 0.228. The van der Waals surface area contributed by atoms with Crippen molar-refractivity contribution in [3.05, 3.63) is 76.3 Å². The van der Waals surface area contributed by atoms with E-state index >= 15 is 0 Å². The van der Waals surface area contributed by atoms with Gasteiger partial charge in [-0.15, -0.1) is 5.10 Å². The Hall–Kier alpha value is -2.97. The van der Waals surface area contributed by atoms with Crippen LogP contribution in [0.15, 0.2) is 54.6 Å². The van der Waals surface area contributed by atoms with Gasteiger partial charge in [-0.3, -0.25) is 0 Å². The summed E-state index contributed by atoms with van der Waals surface area (Å²) in [6.07, 6.45) is 0. The van der Waals surface area contributed by atoms with Crippen LogP contribution in [-0.2, 0) is 13.2 Å². The molecule has 1 aromatic heterocycles. The molecule has 0 bridgehead atoms. The Morgan fingerprint density at radius 2 is 1.88 bits per heavy atom. The standard InChI is InChI=1S/C18H15ClN4O/c19-15-8-4-7-14(9-15)12-24-18-16(10-20)17(21)23(22-18)11-13-5-2-1-3-6-13/h1-9H,11-12,21H2. The van der Waals surface area contributed by atoms with E-state index in [0.29, 0.717) is 17.4 Å². The molecule has 1 heterocycles. The minimum absolute atomic E-state index is 0.228. The van der Waals surface area contributed by atoms with Gasteiger partial charge in [-0.05, 0) is 23.3 Å². The predicted molar refractivity (Wildman–Crippen MR) is 92.7 cm³/mol. The molecule has 0 unspecified atom stereocenters. The molecule has 120 valence electrons. The average Bonchev–Trinajstić information content (AvgIpc) is 2.89. The number of rotatable bonds is 5. The van der Waals surface area contributed by atoms with Crippen molar-refractivity contribution in [1.82, 2.24) is 9.78 Å². The molecule has 3 rings (SSSR count). The minimum Gasteiger partial charge on any atom is -0.471 e. The number of halogens is 1. The molecule has 0 radical (unpaired) electrons. The maximum Gasteiger partial charge on any atom is 0.253 e. The second kappa shape index (κ2) is 7.07. The van der Waals surface area contributed by atoms with Crippen LogP contribution in [0.25, 0.3) is 0 Å². The van der Waals surface area contributed by atoms with Crippen LogP contribution < -0.4 is 10.5 Å². The van der Waals surface area contributed by atoms with Crippen LogP contribution in [-0.4, -0.2) is 9.78 Å². The van der Waals surface area contributed by atoms with Crippen molar-refractivity contribution < 1.29 is 4.74 Å². The molecule has 0 aliphatic rings. The zero-order valence-corrected chi connectivity index (χ0v) is 13.6. The van der Waals surface area contributed by atoms with Crippen LogP contribution in [0.1, 0.15) is 16.7 Å². The molecular weight excluding hydrogens is 324 g/mol. The summed E-state index contributed by atoms with van der Waals surface area (Å²) in [5.74, 6) is 0.522. The van der Waals surface area contributed by atoms with Crippen LogP contribution in [0, 0.1) is 11.3 Å². The van der Waals surface area contributed by atoms with Gasteiger partial charge in [0.2, 0.25) is 0 Å². The lowest BCUT2D eigenvalue weighted by atomic mass is 10.2. The first-order valence-electron chi connectivity index (χ1n) is 7.35. The van der Waals surface area contributed by atoms with Gasteiger partial charge in [-0.1, -0.05) is 54.1 Å². The summed E-state index contributed by atoms with van der Waals surface area (Å²) in [5.41, 5.74) is 8.21. The molecule has 6 heteroatoms. The molecule has 0 spiro atoms. The highest BCUT2D eigenvalue weighted by atomic mass is 35.5. The number of hydrogen-bond donors (Lipinski definition) is 1. The third-order valence-corrected chi connectivity index (χ3v) is 3.75. The van der Waals surface area contributed by atoms with Crippen LogP contribution in [0.3, 0.4) is 0 Å². The lowest BCUT2D eigenvalue weighted by molar-refractivity contribution is 0.289. The fourth-order valence-electron chi connectivity index (χ4n) is 2.31. The average molecular weight is 339 g/mol. The maximum absolute atomic E-state index is 9.34. The van der Waals surface area contributed by atoms with Gasteiger partial charge in [0.15, 0.2) is 5.56 Å². The molecule has 0 atom stereocenters. The Labute approximate surface area is 144 Å². The van der Waals surface area contributed by atoms with Gasteiger partial charge in [-0.2, -0.15) is 5.26 Å². The molecule has 2 N–H and O–H groups in total. The second-order valence-corrected chi connectivity index (χ2v) is 5.68. The SMILES string of the molecule is N#Cc1c(OCc2cccc(Cl)c2)nn(Cc2ccccc2)c1N. The Kier molecular flexibility index (Phi) is 4.69. The molecule has 0 amide bonds. The summed E-state index contributed by atoms with van der Waals surface area (Å²) in [7, 11) is 0. The van der Waals surface area contributed by atoms with Gasteiger partial charge in [0, 0.05) is 5.02 Å². The van der Waals surface area contributed by atoms with E-state index in [-0.39, 0.29) is 18.1 Å². The number of nitrogens with zero attached hydrogens (tertiary/aromatic N) is 3. The van der Waals surface area contributed by atoms with Crippen LogP contribution in [0.5, 0.6) is 5.88 Å². The molecular formula is C18H15ClN4O.